The molecule has 0 fully saturated rings. The van der Waals surface area contributed by atoms with Crippen molar-refractivity contribution in [3.8, 4) is 0 Å². The van der Waals surface area contributed by atoms with Gasteiger partial charge in [-0.05, 0) is 49.7 Å². The molecule has 1 heterocycles. The van der Waals surface area contributed by atoms with Gasteiger partial charge in [0.05, 0.1) is 12.0 Å². The SMILES string of the molecule is CC(C)(C)[S@@+]([O-])N[C@@](C)(CC(=O)O)c1cc(Br)cnc1Cl. The number of hydrogen-bond donors (Lipinski definition) is 2. The van der Waals surface area contributed by atoms with Gasteiger partial charge in [-0.25, -0.2) is 4.98 Å². The molecule has 0 unspecified atom stereocenters. The summed E-state index contributed by atoms with van der Waals surface area (Å²) in [6, 6.07) is 1.69. The third kappa shape index (κ3) is 5.10. The van der Waals surface area contributed by atoms with Crippen LogP contribution in [0.15, 0.2) is 16.7 Å². The molecule has 21 heavy (non-hydrogen) atoms. The second-order valence-corrected chi connectivity index (χ2v) is 9.12. The van der Waals surface area contributed by atoms with Crippen LogP contribution in [-0.4, -0.2) is 25.4 Å². The van der Waals surface area contributed by atoms with Gasteiger partial charge in [0, 0.05) is 27.6 Å². The molecule has 0 spiro atoms. The van der Waals surface area contributed by atoms with E-state index >= 15 is 0 Å². The van der Waals surface area contributed by atoms with Crippen molar-refractivity contribution < 1.29 is 14.5 Å². The summed E-state index contributed by atoms with van der Waals surface area (Å²) in [5, 5.41) is 9.35. The van der Waals surface area contributed by atoms with Crippen LogP contribution in [0.3, 0.4) is 0 Å². The van der Waals surface area contributed by atoms with Gasteiger partial charge in [-0.3, -0.25) is 4.79 Å². The number of nitrogens with one attached hydrogen (secondary N) is 1. The number of halogens is 2. The maximum atomic E-state index is 12.4. The van der Waals surface area contributed by atoms with E-state index in [0.29, 0.717) is 10.0 Å². The Hall–Kier alpha value is -0.340. The zero-order valence-corrected chi connectivity index (χ0v) is 15.4. The molecule has 8 heteroatoms. The van der Waals surface area contributed by atoms with Gasteiger partial charge in [0.2, 0.25) is 0 Å². The van der Waals surface area contributed by atoms with Crippen molar-refractivity contribution in [3.63, 3.8) is 0 Å². The first-order valence-electron chi connectivity index (χ1n) is 6.19. The van der Waals surface area contributed by atoms with Crippen molar-refractivity contribution in [3.05, 3.63) is 27.5 Å². The van der Waals surface area contributed by atoms with Gasteiger partial charge in [-0.15, -0.1) is 4.72 Å². The highest BCUT2D eigenvalue weighted by Gasteiger charge is 2.40. The molecule has 0 radical (unpaired) electrons. The van der Waals surface area contributed by atoms with Gasteiger partial charge in [0.25, 0.3) is 0 Å². The first-order valence-corrected chi connectivity index (χ1v) is 8.51. The monoisotopic (exact) mass is 396 g/mol. The normalized spacial score (nSPS) is 16.3. The van der Waals surface area contributed by atoms with Gasteiger partial charge in [-0.2, -0.15) is 0 Å². The second kappa shape index (κ2) is 6.83. The van der Waals surface area contributed by atoms with Gasteiger partial charge in [-0.1, -0.05) is 11.6 Å². The number of hydrogen-bond acceptors (Lipinski definition) is 4. The molecule has 5 nitrogen and oxygen atoms in total. The van der Waals surface area contributed by atoms with Crippen molar-refractivity contribution in [1.82, 2.24) is 9.71 Å². The highest BCUT2D eigenvalue weighted by molar-refractivity contribution is 9.10. The number of aromatic nitrogens is 1. The highest BCUT2D eigenvalue weighted by atomic mass is 79.9. The van der Waals surface area contributed by atoms with Crippen LogP contribution in [0.4, 0.5) is 0 Å². The largest absolute Gasteiger partial charge is 0.598 e. The fraction of sp³-hybridized carbons (Fsp3) is 0.538. The summed E-state index contributed by atoms with van der Waals surface area (Å²) in [7, 11) is 0. The fourth-order valence-corrected chi connectivity index (χ4v) is 3.20. The molecule has 0 aromatic carbocycles. The topological polar surface area (TPSA) is 85.3 Å². The Labute approximate surface area is 140 Å². The predicted molar refractivity (Wildman–Crippen MR) is 87.6 cm³/mol. The highest BCUT2D eigenvalue weighted by Crippen LogP contribution is 2.33. The Morgan fingerprint density at radius 2 is 2.10 bits per heavy atom. The second-order valence-electron chi connectivity index (χ2n) is 5.88. The van der Waals surface area contributed by atoms with Gasteiger partial charge in [0.15, 0.2) is 0 Å². The number of aliphatic carboxylic acids is 1. The maximum Gasteiger partial charge on any atom is 0.305 e. The predicted octanol–water partition coefficient (Wildman–Crippen LogP) is 3.24. The summed E-state index contributed by atoms with van der Waals surface area (Å²) in [5.74, 6) is -1.02. The van der Waals surface area contributed by atoms with Crippen LogP contribution in [0.1, 0.15) is 39.7 Å². The Balaban J connectivity index is 3.26. The lowest BCUT2D eigenvalue weighted by atomic mass is 9.91. The Bertz CT molecular complexity index is 539. The van der Waals surface area contributed by atoms with E-state index in [1.54, 1.807) is 33.8 Å². The van der Waals surface area contributed by atoms with E-state index in [0.717, 1.165) is 0 Å². The number of nitrogens with zero attached hydrogens (tertiary/aromatic N) is 1. The zero-order valence-electron chi connectivity index (χ0n) is 12.2. The van der Waals surface area contributed by atoms with Crippen LogP contribution in [0, 0.1) is 0 Å². The van der Waals surface area contributed by atoms with Gasteiger partial charge < -0.3 is 9.66 Å². The quantitative estimate of drug-likeness (QED) is 0.588. The van der Waals surface area contributed by atoms with E-state index in [9.17, 15) is 14.5 Å². The first-order chi connectivity index (χ1) is 9.45. The fourth-order valence-electron chi connectivity index (χ4n) is 1.66. The van der Waals surface area contributed by atoms with Crippen molar-refractivity contribution in [2.45, 2.75) is 44.4 Å². The standard InChI is InChI=1S/C13H18BrClN2O3S/c1-12(2,3)21(20)17-13(4,6-10(18)19)9-5-8(14)7-16-11(9)15/h5,7,17H,6H2,1-4H3,(H,18,19)/t13-,21+/m0/s1. The molecular formula is C13H18BrClN2O3S. The average molecular weight is 398 g/mol. The Kier molecular flexibility index (Phi) is 6.08. The summed E-state index contributed by atoms with van der Waals surface area (Å²) < 4.78 is 15.4. The van der Waals surface area contributed by atoms with Gasteiger partial charge in [0.1, 0.15) is 9.90 Å². The molecule has 0 saturated heterocycles. The minimum absolute atomic E-state index is 0.181. The van der Waals surface area contributed by atoms with E-state index in [1.807, 2.05) is 0 Å². The van der Waals surface area contributed by atoms with E-state index < -0.39 is 27.6 Å². The zero-order chi connectivity index (χ0) is 16.4. The lowest BCUT2D eigenvalue weighted by Crippen LogP contribution is -2.51. The van der Waals surface area contributed by atoms with Crippen molar-refractivity contribution in [2.24, 2.45) is 0 Å². The number of pyridine rings is 1. The summed E-state index contributed by atoms with van der Waals surface area (Å²) >= 11 is 7.93. The number of carboxylic acids is 1. The molecule has 0 aliphatic rings. The summed E-state index contributed by atoms with van der Waals surface area (Å²) in [4.78, 5) is 15.2. The third-order valence-corrected chi connectivity index (χ3v) is 5.26. The molecule has 2 atom stereocenters. The third-order valence-electron chi connectivity index (χ3n) is 2.78. The lowest BCUT2D eigenvalue weighted by molar-refractivity contribution is -0.138. The number of rotatable bonds is 5. The number of carboxylic acid groups (broad SMARTS) is 1. The molecular weight excluding hydrogens is 380 g/mol. The molecule has 0 amide bonds. The summed E-state index contributed by atoms with van der Waals surface area (Å²) in [6.07, 6.45) is 1.25. The van der Waals surface area contributed by atoms with Crippen LogP contribution in [0.2, 0.25) is 5.15 Å². The minimum atomic E-state index is -1.45. The number of carbonyl (C=O) groups is 1. The average Bonchev–Trinajstić information content (AvgIpc) is 2.29. The van der Waals surface area contributed by atoms with Crippen LogP contribution >= 0.6 is 27.5 Å². The summed E-state index contributed by atoms with van der Waals surface area (Å²) in [6.45, 7) is 7.06. The molecule has 0 bridgehead atoms. The van der Waals surface area contributed by atoms with Crippen LogP contribution in [0.25, 0.3) is 0 Å². The first kappa shape index (κ1) is 18.7. The Morgan fingerprint density at radius 1 is 1.52 bits per heavy atom. The van der Waals surface area contributed by atoms with Crippen LogP contribution < -0.4 is 4.72 Å². The molecule has 2 N–H and O–H groups in total. The molecule has 0 saturated carbocycles. The molecule has 0 aliphatic carbocycles. The Morgan fingerprint density at radius 3 is 2.57 bits per heavy atom. The molecule has 1 aromatic rings. The van der Waals surface area contributed by atoms with Crippen molar-refractivity contribution in [1.29, 1.82) is 0 Å². The maximum absolute atomic E-state index is 12.4. The molecule has 118 valence electrons. The van der Waals surface area contributed by atoms with Crippen LogP contribution in [-0.2, 0) is 21.7 Å². The smallest absolute Gasteiger partial charge is 0.305 e. The molecule has 0 aliphatic heterocycles. The van der Waals surface area contributed by atoms with E-state index in [2.05, 4.69) is 25.6 Å². The molecule has 1 aromatic heterocycles. The summed E-state index contributed by atoms with van der Waals surface area (Å²) in [5.41, 5.74) is -0.615. The van der Waals surface area contributed by atoms with Crippen LogP contribution in [0.5, 0.6) is 0 Å². The van der Waals surface area contributed by atoms with E-state index in [1.165, 1.54) is 6.20 Å². The van der Waals surface area contributed by atoms with E-state index in [-0.39, 0.29) is 11.6 Å². The minimum Gasteiger partial charge on any atom is -0.598 e. The van der Waals surface area contributed by atoms with Gasteiger partial charge >= 0.3 is 5.97 Å². The van der Waals surface area contributed by atoms with Crippen molar-refractivity contribution in [2.75, 3.05) is 0 Å². The van der Waals surface area contributed by atoms with Crippen molar-refractivity contribution >= 4 is 44.9 Å². The molecule has 1 rings (SSSR count). The lowest BCUT2D eigenvalue weighted by Gasteiger charge is -2.34. The van der Waals surface area contributed by atoms with E-state index in [4.69, 9.17) is 11.6 Å².